The highest BCUT2D eigenvalue weighted by atomic mass is 16.2. The monoisotopic (exact) mass is 427 g/mol. The lowest BCUT2D eigenvalue weighted by Crippen LogP contribution is -2.50. The van der Waals surface area contributed by atoms with Gasteiger partial charge in [-0.3, -0.25) is 14.5 Å². The molecule has 0 unspecified atom stereocenters. The molecule has 3 aromatic carbocycles. The topological polar surface area (TPSA) is 52.7 Å². The number of carbonyl (C=O) groups excluding carboxylic acids is 2. The Morgan fingerprint density at radius 1 is 0.812 bits per heavy atom. The minimum Gasteiger partial charge on any atom is -0.340 e. The van der Waals surface area contributed by atoms with Crippen molar-refractivity contribution in [1.29, 1.82) is 0 Å². The van der Waals surface area contributed by atoms with E-state index in [1.165, 1.54) is 5.56 Å². The SMILES string of the molecule is Cc1ccc(CC(=O)N2CCN(CC(=O)Nc3ccccc3-c3ccccc3)CC2)cc1. The maximum absolute atomic E-state index is 12.7. The van der Waals surface area contributed by atoms with E-state index in [4.69, 9.17) is 0 Å². The number of para-hydroxylation sites is 1. The van der Waals surface area contributed by atoms with Gasteiger partial charge in [-0.2, -0.15) is 0 Å². The summed E-state index contributed by atoms with van der Waals surface area (Å²) in [5.41, 5.74) is 5.13. The Bertz CT molecular complexity index is 1060. The molecular formula is C27H29N3O2. The molecule has 3 aromatic rings. The normalized spacial score (nSPS) is 14.2. The third-order valence-electron chi connectivity index (χ3n) is 5.85. The predicted molar refractivity (Wildman–Crippen MR) is 128 cm³/mol. The first-order valence-corrected chi connectivity index (χ1v) is 11.1. The standard InChI is InChI=1S/C27H29N3O2/c1-21-11-13-22(14-12-21)19-27(32)30-17-15-29(16-18-30)20-26(31)28-25-10-6-5-9-24(25)23-7-3-2-4-8-23/h2-14H,15-20H2,1H3,(H,28,31). The summed E-state index contributed by atoms with van der Waals surface area (Å²) in [7, 11) is 0. The Hall–Kier alpha value is -3.44. The summed E-state index contributed by atoms with van der Waals surface area (Å²) in [5, 5.41) is 3.07. The van der Waals surface area contributed by atoms with E-state index in [0.29, 0.717) is 39.1 Å². The molecule has 5 heteroatoms. The van der Waals surface area contributed by atoms with Crippen molar-refractivity contribution >= 4 is 17.5 Å². The molecule has 32 heavy (non-hydrogen) atoms. The molecule has 0 bridgehead atoms. The largest absolute Gasteiger partial charge is 0.340 e. The number of nitrogens with zero attached hydrogens (tertiary/aromatic N) is 2. The zero-order chi connectivity index (χ0) is 22.3. The zero-order valence-corrected chi connectivity index (χ0v) is 18.5. The fourth-order valence-corrected chi connectivity index (χ4v) is 4.00. The van der Waals surface area contributed by atoms with E-state index in [1.54, 1.807) is 0 Å². The van der Waals surface area contributed by atoms with Crippen LogP contribution in [0.4, 0.5) is 5.69 Å². The summed E-state index contributed by atoms with van der Waals surface area (Å²) in [6.45, 7) is 5.07. The molecule has 1 saturated heterocycles. The number of nitrogens with one attached hydrogen (secondary N) is 1. The molecule has 0 saturated carbocycles. The number of anilines is 1. The number of hydrogen-bond donors (Lipinski definition) is 1. The van der Waals surface area contributed by atoms with E-state index in [9.17, 15) is 9.59 Å². The van der Waals surface area contributed by atoms with Gasteiger partial charge in [0, 0.05) is 37.4 Å². The quantitative estimate of drug-likeness (QED) is 0.647. The summed E-state index contributed by atoms with van der Waals surface area (Å²) in [6, 6.07) is 26.0. The number of amides is 2. The zero-order valence-electron chi connectivity index (χ0n) is 18.5. The molecule has 1 N–H and O–H groups in total. The van der Waals surface area contributed by atoms with Gasteiger partial charge in [0.15, 0.2) is 0 Å². The molecule has 5 nitrogen and oxygen atoms in total. The second kappa shape index (κ2) is 10.2. The second-order valence-corrected chi connectivity index (χ2v) is 8.28. The fourth-order valence-electron chi connectivity index (χ4n) is 4.00. The van der Waals surface area contributed by atoms with E-state index < -0.39 is 0 Å². The van der Waals surface area contributed by atoms with Crippen LogP contribution in [0.1, 0.15) is 11.1 Å². The minimum atomic E-state index is -0.0344. The summed E-state index contributed by atoms with van der Waals surface area (Å²) in [5.74, 6) is 0.113. The Labute approximate surface area is 189 Å². The number of aryl methyl sites for hydroxylation is 1. The van der Waals surface area contributed by atoms with Crippen molar-refractivity contribution in [3.8, 4) is 11.1 Å². The molecule has 0 radical (unpaired) electrons. The van der Waals surface area contributed by atoms with Gasteiger partial charge in [-0.05, 0) is 24.1 Å². The van der Waals surface area contributed by atoms with Crippen LogP contribution in [0.3, 0.4) is 0 Å². The van der Waals surface area contributed by atoms with Crippen molar-refractivity contribution in [2.75, 3.05) is 38.0 Å². The summed E-state index contributed by atoms with van der Waals surface area (Å²) < 4.78 is 0. The Morgan fingerprint density at radius 2 is 1.47 bits per heavy atom. The van der Waals surface area contributed by atoms with Gasteiger partial charge < -0.3 is 10.2 Å². The first-order chi connectivity index (χ1) is 15.6. The smallest absolute Gasteiger partial charge is 0.238 e. The average Bonchev–Trinajstić information content (AvgIpc) is 2.82. The average molecular weight is 428 g/mol. The van der Waals surface area contributed by atoms with Gasteiger partial charge in [-0.25, -0.2) is 0 Å². The summed E-state index contributed by atoms with van der Waals surface area (Å²) in [4.78, 5) is 29.3. The van der Waals surface area contributed by atoms with E-state index >= 15 is 0 Å². The molecule has 0 spiro atoms. The van der Waals surface area contributed by atoms with Gasteiger partial charge in [0.05, 0.1) is 13.0 Å². The number of piperazine rings is 1. The minimum absolute atomic E-state index is 0.0344. The summed E-state index contributed by atoms with van der Waals surface area (Å²) in [6.07, 6.45) is 0.428. The molecule has 0 aromatic heterocycles. The van der Waals surface area contributed by atoms with Crippen molar-refractivity contribution in [2.24, 2.45) is 0 Å². The van der Waals surface area contributed by atoms with Crippen LogP contribution in [-0.4, -0.2) is 54.3 Å². The van der Waals surface area contributed by atoms with E-state index in [0.717, 1.165) is 22.4 Å². The van der Waals surface area contributed by atoms with Gasteiger partial charge in [-0.1, -0.05) is 78.4 Å². The Kier molecular flexibility index (Phi) is 6.97. The fraction of sp³-hybridized carbons (Fsp3) is 0.259. The molecule has 1 aliphatic heterocycles. The predicted octanol–water partition coefficient (Wildman–Crippen LogP) is 3.99. The number of rotatable bonds is 6. The maximum Gasteiger partial charge on any atom is 0.238 e. The van der Waals surface area contributed by atoms with Crippen molar-refractivity contribution in [3.63, 3.8) is 0 Å². The molecule has 0 atom stereocenters. The molecule has 1 fully saturated rings. The van der Waals surface area contributed by atoms with Gasteiger partial charge in [-0.15, -0.1) is 0 Å². The van der Waals surface area contributed by atoms with Crippen molar-refractivity contribution < 1.29 is 9.59 Å². The lowest BCUT2D eigenvalue weighted by Gasteiger charge is -2.34. The highest BCUT2D eigenvalue weighted by Crippen LogP contribution is 2.27. The molecule has 2 amide bonds. The van der Waals surface area contributed by atoms with Gasteiger partial charge in [0.2, 0.25) is 11.8 Å². The third-order valence-corrected chi connectivity index (χ3v) is 5.85. The number of carbonyl (C=O) groups is 2. The molecule has 164 valence electrons. The molecular weight excluding hydrogens is 398 g/mol. The third kappa shape index (κ3) is 5.62. The first-order valence-electron chi connectivity index (χ1n) is 11.1. The van der Waals surface area contributed by atoms with Gasteiger partial charge in [0.1, 0.15) is 0 Å². The lowest BCUT2D eigenvalue weighted by atomic mass is 10.0. The molecule has 1 aliphatic rings. The van der Waals surface area contributed by atoms with E-state index in [-0.39, 0.29) is 11.8 Å². The Balaban J connectivity index is 1.28. The highest BCUT2D eigenvalue weighted by molar-refractivity contribution is 5.96. The van der Waals surface area contributed by atoms with E-state index in [2.05, 4.69) is 10.2 Å². The molecule has 1 heterocycles. The van der Waals surface area contributed by atoms with Crippen LogP contribution >= 0.6 is 0 Å². The van der Waals surface area contributed by atoms with Gasteiger partial charge >= 0.3 is 0 Å². The molecule has 4 rings (SSSR count). The maximum atomic E-state index is 12.7. The van der Waals surface area contributed by atoms with Gasteiger partial charge in [0.25, 0.3) is 0 Å². The Morgan fingerprint density at radius 3 is 2.19 bits per heavy atom. The van der Waals surface area contributed by atoms with Crippen LogP contribution in [0.25, 0.3) is 11.1 Å². The molecule has 0 aliphatic carbocycles. The van der Waals surface area contributed by atoms with E-state index in [1.807, 2.05) is 90.7 Å². The highest BCUT2D eigenvalue weighted by Gasteiger charge is 2.22. The number of hydrogen-bond acceptors (Lipinski definition) is 3. The van der Waals surface area contributed by atoms with Crippen molar-refractivity contribution in [2.45, 2.75) is 13.3 Å². The lowest BCUT2D eigenvalue weighted by molar-refractivity contribution is -0.132. The van der Waals surface area contributed by atoms with Crippen LogP contribution < -0.4 is 5.32 Å². The van der Waals surface area contributed by atoms with Crippen LogP contribution in [-0.2, 0) is 16.0 Å². The number of benzene rings is 3. The van der Waals surface area contributed by atoms with Crippen LogP contribution in [0, 0.1) is 6.92 Å². The first kappa shape index (κ1) is 21.8. The van der Waals surface area contributed by atoms with Crippen LogP contribution in [0.2, 0.25) is 0 Å². The van der Waals surface area contributed by atoms with Crippen LogP contribution in [0.15, 0.2) is 78.9 Å². The van der Waals surface area contributed by atoms with Crippen molar-refractivity contribution in [3.05, 3.63) is 90.0 Å². The summed E-state index contributed by atoms with van der Waals surface area (Å²) >= 11 is 0. The second-order valence-electron chi connectivity index (χ2n) is 8.28. The van der Waals surface area contributed by atoms with Crippen LogP contribution in [0.5, 0.6) is 0 Å². The van der Waals surface area contributed by atoms with Crippen molar-refractivity contribution in [1.82, 2.24) is 9.80 Å².